The lowest BCUT2D eigenvalue weighted by Gasteiger charge is -2.04. The Balaban J connectivity index is 2.30. The Morgan fingerprint density at radius 2 is 2.24 bits per heavy atom. The highest BCUT2D eigenvalue weighted by atomic mass is 16.6. The second-order valence-corrected chi connectivity index (χ2v) is 3.86. The van der Waals surface area contributed by atoms with Crippen LogP contribution in [0.3, 0.4) is 0 Å². The Hall–Kier alpha value is -1.88. The molecule has 0 unspecified atom stereocenters. The van der Waals surface area contributed by atoms with Gasteiger partial charge in [-0.3, -0.25) is 10.1 Å². The normalized spacial score (nSPS) is 10.9. The average molecular weight is 234 g/mol. The minimum atomic E-state index is -0.369. The minimum Gasteiger partial charge on any atom is -0.385 e. The second kappa shape index (κ2) is 4.97. The lowest BCUT2D eigenvalue weighted by Crippen LogP contribution is -2.00. The third-order valence-electron chi connectivity index (χ3n) is 2.72. The van der Waals surface area contributed by atoms with Crippen LogP contribution in [0.15, 0.2) is 30.5 Å². The molecule has 0 aliphatic rings. The molecule has 0 saturated heterocycles. The number of aromatic nitrogens is 1. The predicted octanol–water partition coefficient (Wildman–Crippen LogP) is 2.59. The van der Waals surface area contributed by atoms with Crippen molar-refractivity contribution in [3.8, 4) is 0 Å². The lowest BCUT2D eigenvalue weighted by atomic mass is 10.2. The van der Waals surface area contributed by atoms with E-state index in [2.05, 4.69) is 0 Å². The number of ether oxygens (including phenoxy) is 1. The number of non-ortho nitro benzene ring substituents is 1. The lowest BCUT2D eigenvalue weighted by molar-refractivity contribution is -0.384. The number of hydrogen-bond acceptors (Lipinski definition) is 3. The van der Waals surface area contributed by atoms with E-state index in [0.29, 0.717) is 6.61 Å². The van der Waals surface area contributed by atoms with Crippen LogP contribution >= 0.6 is 0 Å². The molecule has 0 spiro atoms. The molecule has 1 aromatic carbocycles. The largest absolute Gasteiger partial charge is 0.385 e. The van der Waals surface area contributed by atoms with Gasteiger partial charge in [0.15, 0.2) is 0 Å². The molecule has 0 radical (unpaired) electrons. The monoisotopic (exact) mass is 234 g/mol. The summed E-state index contributed by atoms with van der Waals surface area (Å²) in [6.45, 7) is 1.49. The van der Waals surface area contributed by atoms with Crippen LogP contribution in [-0.4, -0.2) is 23.2 Å². The molecule has 90 valence electrons. The van der Waals surface area contributed by atoms with Crippen LogP contribution in [0, 0.1) is 10.1 Å². The number of hydrogen-bond donors (Lipinski definition) is 0. The van der Waals surface area contributed by atoms with Crippen molar-refractivity contribution in [2.45, 2.75) is 13.0 Å². The van der Waals surface area contributed by atoms with Gasteiger partial charge < -0.3 is 9.30 Å². The van der Waals surface area contributed by atoms with Gasteiger partial charge >= 0.3 is 0 Å². The number of nitrogens with zero attached hydrogens (tertiary/aromatic N) is 2. The van der Waals surface area contributed by atoms with E-state index in [1.54, 1.807) is 19.2 Å². The summed E-state index contributed by atoms with van der Waals surface area (Å²) >= 11 is 0. The number of benzene rings is 1. The van der Waals surface area contributed by atoms with E-state index in [9.17, 15) is 10.1 Å². The number of aryl methyl sites for hydroxylation is 1. The summed E-state index contributed by atoms with van der Waals surface area (Å²) in [5, 5.41) is 11.7. The smallest absolute Gasteiger partial charge is 0.271 e. The first-order chi connectivity index (χ1) is 8.22. The maximum absolute atomic E-state index is 10.7. The molecular weight excluding hydrogens is 220 g/mol. The van der Waals surface area contributed by atoms with Crippen molar-refractivity contribution in [3.05, 3.63) is 40.6 Å². The van der Waals surface area contributed by atoms with E-state index >= 15 is 0 Å². The molecule has 0 saturated carbocycles. The van der Waals surface area contributed by atoms with Crippen LogP contribution in [0.4, 0.5) is 5.69 Å². The van der Waals surface area contributed by atoms with Gasteiger partial charge in [-0.1, -0.05) is 0 Å². The predicted molar refractivity (Wildman–Crippen MR) is 65.1 cm³/mol. The third-order valence-corrected chi connectivity index (χ3v) is 2.72. The summed E-state index contributed by atoms with van der Waals surface area (Å²) in [5.41, 5.74) is 1.03. The van der Waals surface area contributed by atoms with Gasteiger partial charge in [0.2, 0.25) is 0 Å². The van der Waals surface area contributed by atoms with Crippen molar-refractivity contribution < 1.29 is 9.66 Å². The van der Waals surface area contributed by atoms with Gasteiger partial charge in [-0.15, -0.1) is 0 Å². The van der Waals surface area contributed by atoms with Crippen molar-refractivity contribution in [2.75, 3.05) is 13.7 Å². The molecule has 1 aromatic heterocycles. The van der Waals surface area contributed by atoms with Crippen molar-refractivity contribution in [3.63, 3.8) is 0 Å². The van der Waals surface area contributed by atoms with E-state index in [0.717, 1.165) is 23.9 Å². The van der Waals surface area contributed by atoms with Gasteiger partial charge in [0, 0.05) is 44.0 Å². The van der Waals surface area contributed by atoms with Crippen LogP contribution in [0.25, 0.3) is 10.9 Å². The molecular formula is C12H14N2O3. The first kappa shape index (κ1) is 11.6. The molecule has 2 aromatic rings. The minimum absolute atomic E-state index is 0.129. The van der Waals surface area contributed by atoms with E-state index in [1.165, 1.54) is 6.07 Å². The standard InChI is InChI=1S/C12H14N2O3/c1-17-8-2-6-13-7-5-10-3-4-11(14(15)16)9-12(10)13/h3-5,7,9H,2,6,8H2,1H3. The van der Waals surface area contributed by atoms with Crippen LogP contribution in [0.5, 0.6) is 0 Å². The highest BCUT2D eigenvalue weighted by Gasteiger charge is 2.08. The van der Waals surface area contributed by atoms with Crippen LogP contribution in [0.2, 0.25) is 0 Å². The Labute approximate surface area is 98.8 Å². The third kappa shape index (κ3) is 2.45. The van der Waals surface area contributed by atoms with Crippen molar-refractivity contribution >= 4 is 16.6 Å². The molecule has 0 bridgehead atoms. The second-order valence-electron chi connectivity index (χ2n) is 3.86. The number of nitro benzene ring substituents is 1. The SMILES string of the molecule is COCCCn1ccc2ccc([N+](=O)[O-])cc21. The summed E-state index contributed by atoms with van der Waals surface area (Å²) in [6.07, 6.45) is 2.84. The van der Waals surface area contributed by atoms with E-state index < -0.39 is 0 Å². The fraction of sp³-hybridized carbons (Fsp3) is 0.333. The fourth-order valence-corrected chi connectivity index (χ4v) is 1.86. The van der Waals surface area contributed by atoms with Crippen LogP contribution in [-0.2, 0) is 11.3 Å². The van der Waals surface area contributed by atoms with Crippen molar-refractivity contribution in [1.29, 1.82) is 0 Å². The highest BCUT2D eigenvalue weighted by Crippen LogP contribution is 2.22. The summed E-state index contributed by atoms with van der Waals surface area (Å²) in [7, 11) is 1.67. The number of rotatable bonds is 5. The van der Waals surface area contributed by atoms with Crippen LogP contribution in [0.1, 0.15) is 6.42 Å². The fourth-order valence-electron chi connectivity index (χ4n) is 1.86. The summed E-state index contributed by atoms with van der Waals surface area (Å²) in [4.78, 5) is 10.3. The van der Waals surface area contributed by atoms with E-state index in [4.69, 9.17) is 4.74 Å². The average Bonchev–Trinajstić information content (AvgIpc) is 2.72. The van der Waals surface area contributed by atoms with Crippen LogP contribution < -0.4 is 0 Å². The van der Waals surface area contributed by atoms with Gasteiger partial charge in [-0.05, 0) is 18.6 Å². The Morgan fingerprint density at radius 1 is 1.41 bits per heavy atom. The zero-order valence-electron chi connectivity index (χ0n) is 9.63. The molecule has 5 nitrogen and oxygen atoms in total. The first-order valence-corrected chi connectivity index (χ1v) is 5.44. The first-order valence-electron chi connectivity index (χ1n) is 5.44. The maximum atomic E-state index is 10.7. The van der Waals surface area contributed by atoms with Gasteiger partial charge in [-0.25, -0.2) is 0 Å². The molecule has 0 fully saturated rings. The molecule has 17 heavy (non-hydrogen) atoms. The number of methoxy groups -OCH3 is 1. The molecule has 0 aliphatic heterocycles. The molecule has 0 amide bonds. The van der Waals surface area contributed by atoms with Gasteiger partial charge in [0.05, 0.1) is 10.4 Å². The van der Waals surface area contributed by atoms with E-state index in [-0.39, 0.29) is 10.6 Å². The van der Waals surface area contributed by atoms with Gasteiger partial charge in [0.1, 0.15) is 0 Å². The van der Waals surface area contributed by atoms with Gasteiger partial charge in [0.25, 0.3) is 5.69 Å². The summed E-state index contributed by atoms with van der Waals surface area (Å²) < 4.78 is 7.01. The Kier molecular flexibility index (Phi) is 3.39. The zero-order chi connectivity index (χ0) is 12.3. The maximum Gasteiger partial charge on any atom is 0.271 e. The molecule has 1 heterocycles. The van der Waals surface area contributed by atoms with Crippen molar-refractivity contribution in [1.82, 2.24) is 4.57 Å². The number of fused-ring (bicyclic) bond motifs is 1. The Bertz CT molecular complexity index is 534. The van der Waals surface area contributed by atoms with Crippen molar-refractivity contribution in [2.24, 2.45) is 0 Å². The molecule has 0 N–H and O–H groups in total. The molecule has 5 heteroatoms. The van der Waals surface area contributed by atoms with Gasteiger partial charge in [-0.2, -0.15) is 0 Å². The number of nitro groups is 1. The van der Waals surface area contributed by atoms with E-state index in [1.807, 2.05) is 16.8 Å². The Morgan fingerprint density at radius 3 is 2.94 bits per heavy atom. The zero-order valence-corrected chi connectivity index (χ0v) is 9.63. The molecule has 0 aliphatic carbocycles. The highest BCUT2D eigenvalue weighted by molar-refractivity contribution is 5.82. The summed E-state index contributed by atoms with van der Waals surface area (Å²) in [6, 6.07) is 6.89. The topological polar surface area (TPSA) is 57.3 Å². The molecule has 0 atom stereocenters. The molecule has 2 rings (SSSR count). The summed E-state index contributed by atoms with van der Waals surface area (Å²) in [5.74, 6) is 0. The quantitative estimate of drug-likeness (QED) is 0.454.